The maximum absolute atomic E-state index is 5.42. The first-order valence-electron chi connectivity index (χ1n) is 4.41. The smallest absolute Gasteiger partial charge is 0.368 e. The van der Waals surface area contributed by atoms with E-state index in [-0.39, 0.29) is 0 Å². The van der Waals surface area contributed by atoms with Crippen molar-refractivity contribution in [1.29, 1.82) is 0 Å². The molecule has 0 radical (unpaired) electrons. The fourth-order valence-electron chi connectivity index (χ4n) is 1.21. The third-order valence-corrected chi connectivity index (χ3v) is 5.33. The minimum atomic E-state index is -2.16. The molecule has 0 unspecified atom stereocenters. The molecule has 4 heteroatoms. The van der Waals surface area contributed by atoms with E-state index in [1.165, 1.54) is 0 Å². The summed E-state index contributed by atoms with van der Waals surface area (Å²) in [5.74, 6) is 0.845. The molecule has 0 amide bonds. The summed E-state index contributed by atoms with van der Waals surface area (Å²) >= 11 is 0. The van der Waals surface area contributed by atoms with Crippen LogP contribution in [0.2, 0.25) is 6.55 Å². The van der Waals surface area contributed by atoms with Gasteiger partial charge >= 0.3 is 8.56 Å². The molecule has 78 valence electrons. The molecule has 1 aromatic rings. The normalized spacial score (nSPS) is 11.4. The van der Waals surface area contributed by atoms with Gasteiger partial charge in [-0.3, -0.25) is 0 Å². The van der Waals surface area contributed by atoms with Crippen molar-refractivity contribution in [2.24, 2.45) is 0 Å². The molecule has 14 heavy (non-hydrogen) atoms. The largest absolute Gasteiger partial charge is 0.497 e. The van der Waals surface area contributed by atoms with Crippen LogP contribution < -0.4 is 9.92 Å². The molecule has 0 aromatic heterocycles. The van der Waals surface area contributed by atoms with Crippen LogP contribution in [0.5, 0.6) is 5.75 Å². The topological polar surface area (TPSA) is 27.7 Å². The summed E-state index contributed by atoms with van der Waals surface area (Å²) in [7, 11) is 2.85. The summed E-state index contributed by atoms with van der Waals surface area (Å²) in [5.41, 5.74) is 0. The fraction of sp³-hybridized carbons (Fsp3) is 0.400. The van der Waals surface area contributed by atoms with Crippen LogP contribution in [0.4, 0.5) is 0 Å². The summed E-state index contributed by atoms with van der Waals surface area (Å²) in [6.45, 7) is 2.01. The zero-order chi connectivity index (χ0) is 10.6. The molecule has 0 saturated carbocycles. The minimum Gasteiger partial charge on any atom is -0.497 e. The summed E-state index contributed by atoms with van der Waals surface area (Å²) in [6.07, 6.45) is 0. The molecule has 0 fully saturated rings. The van der Waals surface area contributed by atoms with Gasteiger partial charge in [-0.2, -0.15) is 0 Å². The quantitative estimate of drug-likeness (QED) is 0.703. The summed E-state index contributed by atoms with van der Waals surface area (Å²) < 4.78 is 15.9. The fourth-order valence-corrected chi connectivity index (χ4v) is 2.62. The number of hydrogen-bond acceptors (Lipinski definition) is 3. The second kappa shape index (κ2) is 4.59. The van der Waals surface area contributed by atoms with Gasteiger partial charge in [-0.05, 0) is 23.9 Å². The van der Waals surface area contributed by atoms with Crippen molar-refractivity contribution < 1.29 is 13.6 Å². The van der Waals surface area contributed by atoms with Gasteiger partial charge in [0.05, 0.1) is 7.11 Å². The van der Waals surface area contributed by atoms with E-state index in [9.17, 15) is 0 Å². The molecule has 0 spiro atoms. The standard InChI is InChI=1S/C10H16O3Si/c1-11-9-5-7-10(8-6-9)14(4,12-2)13-3/h5-8H,1-4H3. The third-order valence-electron chi connectivity index (χ3n) is 2.39. The summed E-state index contributed by atoms with van der Waals surface area (Å²) in [4.78, 5) is 0. The van der Waals surface area contributed by atoms with Crippen LogP contribution in [-0.2, 0) is 8.85 Å². The molecule has 0 aliphatic carbocycles. The summed E-state index contributed by atoms with van der Waals surface area (Å²) in [6, 6.07) is 7.80. The Kier molecular flexibility index (Phi) is 3.68. The Bertz CT molecular complexity index is 280. The Morgan fingerprint density at radius 3 is 1.79 bits per heavy atom. The van der Waals surface area contributed by atoms with Crippen molar-refractivity contribution in [1.82, 2.24) is 0 Å². The van der Waals surface area contributed by atoms with Crippen molar-refractivity contribution in [3.8, 4) is 5.75 Å². The lowest BCUT2D eigenvalue weighted by Crippen LogP contribution is -2.49. The van der Waals surface area contributed by atoms with Gasteiger partial charge in [0.2, 0.25) is 0 Å². The van der Waals surface area contributed by atoms with Crippen molar-refractivity contribution in [3.05, 3.63) is 24.3 Å². The Labute approximate surface area is 85.9 Å². The Balaban J connectivity index is 2.95. The predicted octanol–water partition coefficient (Wildman–Crippen LogP) is 1.27. The van der Waals surface area contributed by atoms with Gasteiger partial charge in [0.1, 0.15) is 5.75 Å². The van der Waals surface area contributed by atoms with Crippen LogP contribution in [0.25, 0.3) is 0 Å². The van der Waals surface area contributed by atoms with Crippen molar-refractivity contribution in [2.75, 3.05) is 21.3 Å². The minimum absolute atomic E-state index is 0.845. The van der Waals surface area contributed by atoms with E-state index in [0.29, 0.717) is 0 Å². The van der Waals surface area contributed by atoms with Crippen LogP contribution >= 0.6 is 0 Å². The molecular formula is C10H16O3Si. The first-order chi connectivity index (χ1) is 6.66. The van der Waals surface area contributed by atoms with Crippen molar-refractivity contribution >= 4 is 13.7 Å². The van der Waals surface area contributed by atoms with Gasteiger partial charge in [-0.1, -0.05) is 12.1 Å². The average molecular weight is 212 g/mol. The Hall–Kier alpha value is -0.843. The molecule has 0 bridgehead atoms. The highest BCUT2D eigenvalue weighted by Gasteiger charge is 2.31. The van der Waals surface area contributed by atoms with E-state index in [1.54, 1.807) is 21.3 Å². The van der Waals surface area contributed by atoms with Gasteiger partial charge in [0.25, 0.3) is 0 Å². The summed E-state index contributed by atoms with van der Waals surface area (Å²) in [5, 5.41) is 1.10. The van der Waals surface area contributed by atoms with Crippen molar-refractivity contribution in [3.63, 3.8) is 0 Å². The van der Waals surface area contributed by atoms with Crippen LogP contribution in [0.15, 0.2) is 24.3 Å². The highest BCUT2D eigenvalue weighted by molar-refractivity contribution is 6.79. The van der Waals surface area contributed by atoms with Gasteiger partial charge in [-0.15, -0.1) is 0 Å². The van der Waals surface area contributed by atoms with E-state index in [4.69, 9.17) is 13.6 Å². The number of rotatable bonds is 4. The molecule has 0 aliphatic heterocycles. The molecular weight excluding hydrogens is 196 g/mol. The molecule has 0 N–H and O–H groups in total. The zero-order valence-electron chi connectivity index (χ0n) is 9.03. The van der Waals surface area contributed by atoms with Crippen molar-refractivity contribution in [2.45, 2.75) is 6.55 Å². The molecule has 0 atom stereocenters. The van der Waals surface area contributed by atoms with E-state index in [0.717, 1.165) is 10.9 Å². The predicted molar refractivity (Wildman–Crippen MR) is 58.3 cm³/mol. The lowest BCUT2D eigenvalue weighted by Gasteiger charge is -2.22. The first-order valence-corrected chi connectivity index (χ1v) is 6.72. The van der Waals surface area contributed by atoms with Gasteiger partial charge < -0.3 is 13.6 Å². The van der Waals surface area contributed by atoms with E-state index >= 15 is 0 Å². The van der Waals surface area contributed by atoms with E-state index in [2.05, 4.69) is 0 Å². The number of benzene rings is 1. The second-order valence-electron chi connectivity index (χ2n) is 3.08. The molecule has 1 aromatic carbocycles. The van der Waals surface area contributed by atoms with Gasteiger partial charge in [0.15, 0.2) is 0 Å². The number of methoxy groups -OCH3 is 1. The first kappa shape index (κ1) is 11.2. The average Bonchev–Trinajstić information content (AvgIpc) is 2.28. The Morgan fingerprint density at radius 1 is 0.929 bits per heavy atom. The molecule has 3 nitrogen and oxygen atoms in total. The highest BCUT2D eigenvalue weighted by atomic mass is 28.4. The number of ether oxygens (including phenoxy) is 1. The van der Waals surface area contributed by atoms with Gasteiger partial charge in [-0.25, -0.2) is 0 Å². The maximum Gasteiger partial charge on any atom is 0.368 e. The van der Waals surface area contributed by atoms with Crippen LogP contribution in [0.1, 0.15) is 0 Å². The van der Waals surface area contributed by atoms with Crippen LogP contribution in [0.3, 0.4) is 0 Å². The lowest BCUT2D eigenvalue weighted by atomic mass is 10.3. The zero-order valence-corrected chi connectivity index (χ0v) is 10.0. The third kappa shape index (κ3) is 2.15. The lowest BCUT2D eigenvalue weighted by molar-refractivity contribution is 0.265. The highest BCUT2D eigenvalue weighted by Crippen LogP contribution is 2.10. The maximum atomic E-state index is 5.42. The Morgan fingerprint density at radius 2 is 1.43 bits per heavy atom. The SMILES string of the molecule is COc1ccc([Si](C)(OC)OC)cc1. The van der Waals surface area contributed by atoms with Crippen LogP contribution in [0, 0.1) is 0 Å². The second-order valence-corrected chi connectivity index (χ2v) is 6.37. The molecule has 0 aliphatic rings. The molecule has 0 heterocycles. The molecule has 0 saturated heterocycles. The number of hydrogen-bond donors (Lipinski definition) is 0. The monoisotopic (exact) mass is 212 g/mol. The van der Waals surface area contributed by atoms with Gasteiger partial charge in [0, 0.05) is 14.2 Å². The van der Waals surface area contributed by atoms with E-state index in [1.807, 2.05) is 30.8 Å². The van der Waals surface area contributed by atoms with E-state index < -0.39 is 8.56 Å². The molecule has 1 rings (SSSR count). The van der Waals surface area contributed by atoms with Crippen LogP contribution in [-0.4, -0.2) is 29.9 Å².